The number of sulfonamides is 1. The first-order valence-electron chi connectivity index (χ1n) is 12.8. The van der Waals surface area contributed by atoms with Gasteiger partial charge in [-0.2, -0.15) is 0 Å². The van der Waals surface area contributed by atoms with Gasteiger partial charge in [-0.15, -0.1) is 0 Å². The fourth-order valence-corrected chi connectivity index (χ4v) is 6.08. The van der Waals surface area contributed by atoms with Crippen molar-refractivity contribution in [2.24, 2.45) is 0 Å². The van der Waals surface area contributed by atoms with Gasteiger partial charge in [0.05, 0.1) is 10.6 Å². The van der Waals surface area contributed by atoms with Crippen LogP contribution in [0.1, 0.15) is 38.7 Å². The van der Waals surface area contributed by atoms with Crippen LogP contribution < -0.4 is 9.62 Å². The van der Waals surface area contributed by atoms with Gasteiger partial charge in [-0.25, -0.2) is 8.42 Å². The molecule has 2 amide bonds. The molecule has 0 radical (unpaired) electrons. The van der Waals surface area contributed by atoms with Crippen molar-refractivity contribution in [1.29, 1.82) is 0 Å². The fourth-order valence-electron chi connectivity index (χ4n) is 4.09. The fraction of sp³-hybridized carbons (Fsp3) is 0.310. The number of nitrogens with zero attached hydrogens (tertiary/aromatic N) is 2. The van der Waals surface area contributed by atoms with Crippen LogP contribution in [0.25, 0.3) is 0 Å². The van der Waals surface area contributed by atoms with E-state index in [9.17, 15) is 18.0 Å². The molecule has 0 saturated carbocycles. The van der Waals surface area contributed by atoms with E-state index in [2.05, 4.69) is 27.9 Å². The molecule has 39 heavy (non-hydrogen) atoms. The summed E-state index contributed by atoms with van der Waals surface area (Å²) in [5, 5.41) is 3.38. The smallest absolute Gasteiger partial charge is 0.264 e. The molecular formula is C29H33ClIN3O4S. The summed E-state index contributed by atoms with van der Waals surface area (Å²) in [6.45, 7) is 3.93. The molecular weight excluding hydrogens is 649 g/mol. The first-order chi connectivity index (χ1) is 18.7. The Hall–Kier alpha value is -2.63. The van der Waals surface area contributed by atoms with Crippen LogP contribution in [-0.2, 0) is 26.2 Å². The maximum absolute atomic E-state index is 14.0. The lowest BCUT2D eigenvalue weighted by Gasteiger charge is -2.33. The Morgan fingerprint density at radius 2 is 1.59 bits per heavy atom. The Morgan fingerprint density at radius 1 is 0.949 bits per heavy atom. The first-order valence-corrected chi connectivity index (χ1v) is 15.7. The molecule has 10 heteroatoms. The predicted molar refractivity (Wildman–Crippen MR) is 164 cm³/mol. The number of carbonyl (C=O) groups excluding carboxylic acids is 2. The highest BCUT2D eigenvalue weighted by molar-refractivity contribution is 14.1. The summed E-state index contributed by atoms with van der Waals surface area (Å²) < 4.78 is 29.6. The second-order valence-electron chi connectivity index (χ2n) is 8.98. The van der Waals surface area contributed by atoms with Crippen molar-refractivity contribution in [2.75, 3.05) is 17.4 Å². The number of nitrogens with one attached hydrogen (secondary N) is 1. The van der Waals surface area contributed by atoms with E-state index in [0.717, 1.165) is 20.7 Å². The lowest BCUT2D eigenvalue weighted by molar-refractivity contribution is -0.140. The van der Waals surface area contributed by atoms with Crippen molar-refractivity contribution in [1.82, 2.24) is 10.2 Å². The van der Waals surface area contributed by atoms with Crippen molar-refractivity contribution in [3.05, 3.63) is 93.0 Å². The van der Waals surface area contributed by atoms with Crippen LogP contribution in [0.2, 0.25) is 5.02 Å². The average molecular weight is 682 g/mol. The molecule has 0 aliphatic heterocycles. The Kier molecular flexibility index (Phi) is 11.6. The van der Waals surface area contributed by atoms with E-state index in [0.29, 0.717) is 29.2 Å². The number of benzene rings is 3. The second kappa shape index (κ2) is 14.7. The Balaban J connectivity index is 2.02. The van der Waals surface area contributed by atoms with Crippen molar-refractivity contribution in [3.8, 4) is 0 Å². The minimum absolute atomic E-state index is 0.0596. The third kappa shape index (κ3) is 8.18. The van der Waals surface area contributed by atoms with E-state index in [1.54, 1.807) is 60.7 Å². The third-order valence-corrected chi connectivity index (χ3v) is 9.11. The zero-order valence-corrected chi connectivity index (χ0v) is 25.7. The largest absolute Gasteiger partial charge is 0.354 e. The van der Waals surface area contributed by atoms with Crippen LogP contribution in [0, 0.1) is 3.57 Å². The Bertz CT molecular complexity index is 1350. The van der Waals surface area contributed by atoms with E-state index in [-0.39, 0.29) is 17.3 Å². The molecule has 3 aromatic rings. The van der Waals surface area contributed by atoms with E-state index in [4.69, 9.17) is 11.6 Å². The molecule has 3 aromatic carbocycles. The monoisotopic (exact) mass is 681 g/mol. The summed E-state index contributed by atoms with van der Waals surface area (Å²) in [6, 6.07) is 21.2. The van der Waals surface area contributed by atoms with Gasteiger partial charge in [0.2, 0.25) is 11.8 Å². The quantitative estimate of drug-likeness (QED) is 0.181. The molecule has 0 aromatic heterocycles. The summed E-state index contributed by atoms with van der Waals surface area (Å²) in [7, 11) is -4.09. The van der Waals surface area contributed by atoms with Crippen molar-refractivity contribution in [2.45, 2.75) is 50.6 Å². The number of halogens is 2. The van der Waals surface area contributed by atoms with Gasteiger partial charge in [-0.05, 0) is 83.5 Å². The molecule has 0 fully saturated rings. The zero-order valence-electron chi connectivity index (χ0n) is 22.0. The van der Waals surface area contributed by atoms with Gasteiger partial charge in [-0.1, -0.05) is 68.3 Å². The molecule has 0 spiro atoms. The van der Waals surface area contributed by atoms with Gasteiger partial charge in [0.1, 0.15) is 12.6 Å². The normalized spacial score (nSPS) is 12.0. The minimum atomic E-state index is -4.09. The van der Waals surface area contributed by atoms with Crippen LogP contribution in [0.15, 0.2) is 83.8 Å². The number of carbonyl (C=O) groups is 2. The first kappa shape index (κ1) is 30.9. The summed E-state index contributed by atoms with van der Waals surface area (Å²) in [5.74, 6) is -0.788. The van der Waals surface area contributed by atoms with Crippen molar-refractivity contribution in [3.63, 3.8) is 0 Å². The predicted octanol–water partition coefficient (Wildman–Crippen LogP) is 5.86. The molecule has 0 aliphatic rings. The average Bonchev–Trinajstić information content (AvgIpc) is 2.93. The van der Waals surface area contributed by atoms with Gasteiger partial charge in [-0.3, -0.25) is 13.9 Å². The molecule has 3 rings (SSSR count). The highest BCUT2D eigenvalue weighted by Crippen LogP contribution is 2.26. The highest BCUT2D eigenvalue weighted by atomic mass is 127. The summed E-state index contributed by atoms with van der Waals surface area (Å²) in [5.41, 5.74) is 1.02. The van der Waals surface area contributed by atoms with Crippen molar-refractivity contribution < 1.29 is 18.0 Å². The molecule has 1 atom stereocenters. The summed E-state index contributed by atoms with van der Waals surface area (Å²) >= 11 is 8.56. The van der Waals surface area contributed by atoms with Crippen LogP contribution in [0.4, 0.5) is 5.69 Å². The molecule has 7 nitrogen and oxygen atoms in total. The van der Waals surface area contributed by atoms with E-state index in [1.807, 2.05) is 19.9 Å². The van der Waals surface area contributed by atoms with Gasteiger partial charge < -0.3 is 10.2 Å². The molecule has 0 unspecified atom stereocenters. The van der Waals surface area contributed by atoms with Crippen LogP contribution in [0.5, 0.6) is 0 Å². The molecule has 0 saturated heterocycles. The topological polar surface area (TPSA) is 86.8 Å². The molecule has 0 aliphatic carbocycles. The standard InChI is InChI=1S/C29H33ClIN3O4S/c1-3-5-19-32-29(36)27(4-2)33(20-22-11-9-10-14-26(22)30)28(35)21-34(24-17-15-23(31)16-18-24)39(37,38)25-12-7-6-8-13-25/h6-18,27H,3-5,19-21H2,1-2H3,(H,32,36)/t27-/m0/s1. The number of unbranched alkanes of at least 4 members (excludes halogenated alkanes) is 1. The number of rotatable bonds is 13. The molecule has 1 N–H and O–H groups in total. The van der Waals surface area contributed by atoms with Crippen LogP contribution in [0.3, 0.4) is 0 Å². The van der Waals surface area contributed by atoms with E-state index >= 15 is 0 Å². The van der Waals surface area contributed by atoms with E-state index in [1.165, 1.54) is 17.0 Å². The molecule has 0 heterocycles. The lowest BCUT2D eigenvalue weighted by atomic mass is 10.1. The van der Waals surface area contributed by atoms with Crippen molar-refractivity contribution >= 4 is 61.7 Å². The Morgan fingerprint density at radius 3 is 2.21 bits per heavy atom. The number of amides is 2. The molecule has 208 valence electrons. The minimum Gasteiger partial charge on any atom is -0.354 e. The Labute approximate surface area is 249 Å². The van der Waals surface area contributed by atoms with Gasteiger partial charge >= 0.3 is 0 Å². The second-order valence-corrected chi connectivity index (χ2v) is 12.5. The zero-order chi connectivity index (χ0) is 28.4. The number of hydrogen-bond donors (Lipinski definition) is 1. The van der Waals surface area contributed by atoms with Crippen LogP contribution >= 0.6 is 34.2 Å². The van der Waals surface area contributed by atoms with E-state index < -0.39 is 28.5 Å². The molecule has 0 bridgehead atoms. The summed E-state index contributed by atoms with van der Waals surface area (Å²) in [4.78, 5) is 28.7. The lowest BCUT2D eigenvalue weighted by Crippen LogP contribution is -2.52. The van der Waals surface area contributed by atoms with Crippen LogP contribution in [-0.4, -0.2) is 44.3 Å². The van der Waals surface area contributed by atoms with Gasteiger partial charge in [0.15, 0.2) is 0 Å². The highest BCUT2D eigenvalue weighted by Gasteiger charge is 2.33. The maximum atomic E-state index is 14.0. The maximum Gasteiger partial charge on any atom is 0.264 e. The third-order valence-electron chi connectivity index (χ3n) is 6.24. The van der Waals surface area contributed by atoms with Gasteiger partial charge in [0, 0.05) is 21.7 Å². The SMILES string of the molecule is CCCCNC(=O)[C@H](CC)N(Cc1ccccc1Cl)C(=O)CN(c1ccc(I)cc1)S(=O)(=O)c1ccccc1. The summed E-state index contributed by atoms with van der Waals surface area (Å²) in [6.07, 6.45) is 2.08. The van der Waals surface area contributed by atoms with Gasteiger partial charge in [0.25, 0.3) is 10.0 Å². The number of hydrogen-bond acceptors (Lipinski definition) is 4. The number of anilines is 1.